The third-order valence-electron chi connectivity index (χ3n) is 5.94. The molecule has 0 saturated carbocycles. The second-order valence-corrected chi connectivity index (χ2v) is 9.53. The number of carbonyl (C=O) groups is 2. The van der Waals surface area contributed by atoms with Crippen LogP contribution >= 0.6 is 23.4 Å². The highest BCUT2D eigenvalue weighted by Crippen LogP contribution is 2.45. The molecule has 5 rings (SSSR count). The number of methoxy groups -OCH3 is 2. The lowest BCUT2D eigenvalue weighted by Crippen LogP contribution is -2.37. The molecule has 0 radical (unpaired) electrons. The number of anilines is 1. The van der Waals surface area contributed by atoms with Crippen molar-refractivity contribution in [3.63, 3.8) is 0 Å². The molecule has 2 aromatic carbocycles. The van der Waals surface area contributed by atoms with Crippen LogP contribution in [0.25, 0.3) is 11.8 Å². The number of rotatable bonds is 6. The van der Waals surface area contributed by atoms with E-state index in [0.717, 1.165) is 29.5 Å². The fourth-order valence-electron chi connectivity index (χ4n) is 4.34. The average Bonchev–Trinajstić information content (AvgIpc) is 3.51. The minimum absolute atomic E-state index is 0.177. The number of amidine groups is 1. The van der Waals surface area contributed by atoms with Crippen LogP contribution in [0.2, 0.25) is 5.02 Å². The second-order valence-electron chi connectivity index (χ2n) is 8.26. The summed E-state index contributed by atoms with van der Waals surface area (Å²) in [6.07, 6.45) is 3.11. The Bertz CT molecular complexity index is 1350. The zero-order chi connectivity index (χ0) is 26.1. The van der Waals surface area contributed by atoms with Crippen LogP contribution in [0.5, 0.6) is 23.0 Å². The third kappa shape index (κ3) is 4.86. The number of thioether (sulfide) groups is 1. The molecule has 0 aliphatic carbocycles. The Morgan fingerprint density at radius 3 is 2.59 bits per heavy atom. The number of benzene rings is 2. The molecule has 0 bridgehead atoms. The molecule has 0 unspecified atom stereocenters. The van der Waals surface area contributed by atoms with Gasteiger partial charge in [-0.05, 0) is 35.9 Å². The zero-order valence-corrected chi connectivity index (χ0v) is 22.0. The second kappa shape index (κ2) is 10.4. The molecule has 0 aromatic heterocycles. The van der Waals surface area contributed by atoms with Gasteiger partial charge < -0.3 is 28.7 Å². The monoisotopic (exact) mass is 541 g/mol. The summed E-state index contributed by atoms with van der Waals surface area (Å²) >= 11 is 8.08. The molecule has 1 amide bonds. The van der Waals surface area contributed by atoms with Crippen molar-refractivity contribution in [2.24, 2.45) is 4.99 Å². The minimum atomic E-state index is -0.501. The average molecular weight is 542 g/mol. The largest absolute Gasteiger partial charge is 0.493 e. The van der Waals surface area contributed by atoms with Crippen molar-refractivity contribution < 1.29 is 28.5 Å². The summed E-state index contributed by atoms with van der Waals surface area (Å²) < 4.78 is 22.0. The first-order valence-electron chi connectivity index (χ1n) is 11.5. The Hall–Kier alpha value is -3.63. The molecular formula is C26H24ClN3O6S. The first kappa shape index (κ1) is 25.0. The van der Waals surface area contributed by atoms with Gasteiger partial charge >= 0.3 is 5.97 Å². The van der Waals surface area contributed by atoms with Crippen LogP contribution in [0.3, 0.4) is 0 Å². The fourth-order valence-corrected chi connectivity index (χ4v) is 5.51. The van der Waals surface area contributed by atoms with E-state index in [2.05, 4.69) is 9.89 Å². The van der Waals surface area contributed by atoms with E-state index in [0.29, 0.717) is 46.7 Å². The van der Waals surface area contributed by atoms with Gasteiger partial charge in [0.1, 0.15) is 6.61 Å². The van der Waals surface area contributed by atoms with Crippen LogP contribution in [-0.4, -0.2) is 62.4 Å². The highest BCUT2D eigenvalue weighted by molar-refractivity contribution is 8.16. The van der Waals surface area contributed by atoms with Crippen molar-refractivity contribution in [2.75, 3.05) is 45.4 Å². The zero-order valence-electron chi connectivity index (χ0n) is 20.4. The minimum Gasteiger partial charge on any atom is -0.493 e. The van der Waals surface area contributed by atoms with Gasteiger partial charge in [-0.2, -0.15) is 0 Å². The Balaban J connectivity index is 1.44. The van der Waals surface area contributed by atoms with Gasteiger partial charge in [-0.25, -0.2) is 0 Å². The standard InChI is InChI=1S/C26H24ClN3O6S/c1-15(31)36-25-21(33-2)10-16(11-22(25)34-3)4-5-23(32)29-8-9-35-24-18(12-17(27)13-19(24)29)20-14-37-26-28-6-7-30(20)26/h4-5,10-14H,6-9H2,1-3H3. The number of carbonyl (C=O) groups excluding carboxylic acids is 2. The molecule has 11 heteroatoms. The smallest absolute Gasteiger partial charge is 0.308 e. The van der Waals surface area contributed by atoms with Crippen LogP contribution in [0.15, 0.2) is 40.7 Å². The molecule has 0 N–H and O–H groups in total. The van der Waals surface area contributed by atoms with E-state index in [1.165, 1.54) is 27.2 Å². The number of aliphatic imine (C=N–C) groups is 1. The maximum atomic E-state index is 13.3. The molecule has 192 valence electrons. The summed E-state index contributed by atoms with van der Waals surface area (Å²) in [5, 5.41) is 3.50. The van der Waals surface area contributed by atoms with Crippen molar-refractivity contribution in [1.29, 1.82) is 0 Å². The van der Waals surface area contributed by atoms with Gasteiger partial charge in [-0.15, -0.1) is 0 Å². The predicted octanol–water partition coefficient (Wildman–Crippen LogP) is 4.44. The van der Waals surface area contributed by atoms with Gasteiger partial charge in [0.15, 0.2) is 22.4 Å². The van der Waals surface area contributed by atoms with Crippen molar-refractivity contribution >= 4 is 57.9 Å². The van der Waals surface area contributed by atoms with E-state index in [1.54, 1.807) is 40.9 Å². The number of hydrogen-bond donors (Lipinski definition) is 0. The van der Waals surface area contributed by atoms with E-state index in [1.807, 2.05) is 11.5 Å². The van der Waals surface area contributed by atoms with Crippen LogP contribution in [0.1, 0.15) is 18.1 Å². The number of amides is 1. The Labute approximate surface area is 223 Å². The number of fused-ring (bicyclic) bond motifs is 2. The van der Waals surface area contributed by atoms with E-state index in [4.69, 9.17) is 30.5 Å². The number of nitrogens with zero attached hydrogens (tertiary/aromatic N) is 3. The Morgan fingerprint density at radius 1 is 1.14 bits per heavy atom. The highest BCUT2D eigenvalue weighted by atomic mass is 35.5. The van der Waals surface area contributed by atoms with Gasteiger partial charge in [0.25, 0.3) is 5.91 Å². The van der Waals surface area contributed by atoms with Crippen molar-refractivity contribution in [3.8, 4) is 23.0 Å². The van der Waals surface area contributed by atoms with E-state index >= 15 is 0 Å². The maximum absolute atomic E-state index is 13.3. The molecule has 3 aliphatic rings. The van der Waals surface area contributed by atoms with Gasteiger partial charge in [-0.3, -0.25) is 14.6 Å². The predicted molar refractivity (Wildman–Crippen MR) is 144 cm³/mol. The van der Waals surface area contributed by atoms with Gasteiger partial charge in [0.2, 0.25) is 5.75 Å². The van der Waals surface area contributed by atoms with Crippen LogP contribution in [0.4, 0.5) is 5.69 Å². The summed E-state index contributed by atoms with van der Waals surface area (Å²) in [4.78, 5) is 33.1. The number of ether oxygens (including phenoxy) is 4. The summed E-state index contributed by atoms with van der Waals surface area (Å²) in [7, 11) is 2.92. The normalized spacial score (nSPS) is 16.1. The molecule has 0 fully saturated rings. The van der Waals surface area contributed by atoms with E-state index in [9.17, 15) is 9.59 Å². The lowest BCUT2D eigenvalue weighted by Gasteiger charge is -2.31. The molecular weight excluding hydrogens is 518 g/mol. The Kier molecular flexibility index (Phi) is 7.03. The number of halogens is 1. The van der Waals surface area contributed by atoms with E-state index in [-0.39, 0.29) is 11.7 Å². The molecule has 3 heterocycles. The van der Waals surface area contributed by atoms with Gasteiger partial charge in [0.05, 0.1) is 38.7 Å². The summed E-state index contributed by atoms with van der Waals surface area (Å²) in [6.45, 7) is 3.56. The van der Waals surface area contributed by atoms with Crippen LogP contribution < -0.4 is 23.8 Å². The first-order valence-corrected chi connectivity index (χ1v) is 12.7. The van der Waals surface area contributed by atoms with Crippen molar-refractivity contribution in [2.45, 2.75) is 6.92 Å². The van der Waals surface area contributed by atoms with Crippen molar-refractivity contribution in [1.82, 2.24) is 4.90 Å². The molecule has 0 saturated heterocycles. The summed E-state index contributed by atoms with van der Waals surface area (Å²) in [5.74, 6) is 0.671. The van der Waals surface area contributed by atoms with E-state index < -0.39 is 5.97 Å². The fraction of sp³-hybridized carbons (Fsp3) is 0.269. The quantitative estimate of drug-likeness (QED) is 0.301. The third-order valence-corrected chi connectivity index (χ3v) is 7.06. The molecule has 0 spiro atoms. The first-order chi connectivity index (χ1) is 17.9. The number of hydrogen-bond acceptors (Lipinski definition) is 9. The van der Waals surface area contributed by atoms with Gasteiger partial charge in [-0.1, -0.05) is 23.4 Å². The summed E-state index contributed by atoms with van der Waals surface area (Å²) in [5.41, 5.74) is 3.04. The topological polar surface area (TPSA) is 89.9 Å². The molecule has 2 aromatic rings. The number of esters is 1. The molecule has 0 atom stereocenters. The van der Waals surface area contributed by atoms with Crippen LogP contribution in [0, 0.1) is 0 Å². The highest BCUT2D eigenvalue weighted by Gasteiger charge is 2.33. The SMILES string of the molecule is COc1cc(C=CC(=O)N2CCOc3c(C4=CSC5=NCCN45)cc(Cl)cc32)cc(OC)c1OC(C)=O. The maximum Gasteiger partial charge on any atom is 0.308 e. The lowest BCUT2D eigenvalue weighted by molar-refractivity contribution is -0.132. The lowest BCUT2D eigenvalue weighted by atomic mass is 10.1. The van der Waals surface area contributed by atoms with Crippen molar-refractivity contribution in [3.05, 3.63) is 51.9 Å². The van der Waals surface area contributed by atoms with Gasteiger partial charge in [0, 0.05) is 35.5 Å². The molecule has 9 nitrogen and oxygen atoms in total. The Morgan fingerprint density at radius 2 is 1.89 bits per heavy atom. The summed E-state index contributed by atoms with van der Waals surface area (Å²) in [6, 6.07) is 6.92. The molecule has 37 heavy (non-hydrogen) atoms. The van der Waals surface area contributed by atoms with Crippen LogP contribution in [-0.2, 0) is 9.59 Å². The molecule has 3 aliphatic heterocycles.